The van der Waals surface area contributed by atoms with Crippen molar-refractivity contribution in [1.29, 1.82) is 0 Å². The van der Waals surface area contributed by atoms with Gasteiger partial charge in [-0.3, -0.25) is 14.9 Å². The molecule has 5 rings (SSSR count). The molecule has 0 amide bonds. The third-order valence-electron chi connectivity index (χ3n) is 6.16. The number of piperidine rings is 1. The molecule has 5 heterocycles. The first-order chi connectivity index (χ1) is 12.7. The summed E-state index contributed by atoms with van der Waals surface area (Å²) in [7, 11) is 0. The Labute approximate surface area is 153 Å². The van der Waals surface area contributed by atoms with Gasteiger partial charge in [0.25, 0.3) is 0 Å². The lowest BCUT2D eigenvalue weighted by Gasteiger charge is -2.44. The highest BCUT2D eigenvalue weighted by Crippen LogP contribution is 2.42. The molecule has 2 aliphatic rings. The van der Waals surface area contributed by atoms with Gasteiger partial charge in [-0.15, -0.1) is 0 Å². The minimum atomic E-state index is -0.637. The van der Waals surface area contributed by atoms with Crippen molar-refractivity contribution in [3.63, 3.8) is 0 Å². The van der Waals surface area contributed by atoms with Gasteiger partial charge in [0.05, 0.1) is 23.9 Å². The number of fused-ring (bicyclic) bond motifs is 3. The smallest absolute Gasteiger partial charge is 0.0855 e. The molecule has 3 aromatic rings. The van der Waals surface area contributed by atoms with Crippen LogP contribution in [0.2, 0.25) is 0 Å². The summed E-state index contributed by atoms with van der Waals surface area (Å²) in [4.78, 5) is 11.0. The molecule has 2 saturated heterocycles. The zero-order valence-electron chi connectivity index (χ0n) is 14.8. The van der Waals surface area contributed by atoms with Crippen molar-refractivity contribution < 1.29 is 5.11 Å². The van der Waals surface area contributed by atoms with Crippen molar-refractivity contribution in [1.82, 2.24) is 19.4 Å². The largest absolute Gasteiger partial charge is 0.388 e. The fraction of sp³-hybridized carbons (Fsp3) is 0.429. The predicted octanol–water partition coefficient (Wildman–Crippen LogP) is 2.99. The maximum absolute atomic E-state index is 11.4. The average molecular weight is 348 g/mol. The normalized spacial score (nSPS) is 28.7. The summed E-state index contributed by atoms with van der Waals surface area (Å²) in [5.41, 5.74) is 1.78. The van der Waals surface area contributed by atoms with Crippen LogP contribution in [0.5, 0.6) is 0 Å². The molecule has 0 radical (unpaired) electrons. The van der Waals surface area contributed by atoms with Crippen LogP contribution in [0.3, 0.4) is 0 Å². The molecule has 5 heteroatoms. The van der Waals surface area contributed by atoms with Crippen LogP contribution >= 0.6 is 0 Å². The van der Waals surface area contributed by atoms with E-state index in [0.717, 1.165) is 24.9 Å². The highest BCUT2D eigenvalue weighted by molar-refractivity contribution is 5.78. The lowest BCUT2D eigenvalue weighted by molar-refractivity contribution is -0.0644. The first-order valence-electron chi connectivity index (χ1n) is 9.46. The monoisotopic (exact) mass is 348 g/mol. The number of hydrogen-bond donors (Lipinski definition) is 1. The van der Waals surface area contributed by atoms with Crippen LogP contribution in [-0.2, 0) is 13.1 Å². The molecule has 0 aromatic carbocycles. The molecule has 134 valence electrons. The van der Waals surface area contributed by atoms with Crippen LogP contribution in [-0.4, -0.2) is 42.2 Å². The fourth-order valence-electron chi connectivity index (χ4n) is 4.98. The zero-order valence-corrected chi connectivity index (χ0v) is 14.8. The van der Waals surface area contributed by atoms with Gasteiger partial charge in [0, 0.05) is 48.8 Å². The first-order valence-corrected chi connectivity index (χ1v) is 9.46. The Morgan fingerprint density at radius 3 is 2.50 bits per heavy atom. The summed E-state index contributed by atoms with van der Waals surface area (Å²) in [6, 6.07) is 9.25. The number of nitrogens with zero attached hydrogens (tertiary/aromatic N) is 4. The van der Waals surface area contributed by atoms with Crippen molar-refractivity contribution in [2.75, 3.05) is 0 Å². The molecule has 1 N–H and O–H groups in total. The maximum Gasteiger partial charge on any atom is 0.0855 e. The molecule has 2 fully saturated rings. The standard InChI is InChI=1S/C21H24N4O/c26-21(15-24-10-6-17-5-9-23-13-20(17)24)11-18-1-2-19(12-21)25(18)14-16-3-7-22-8-4-16/h3-10,13,18-19,26H,1-2,11-12,14-15H2. The van der Waals surface area contributed by atoms with E-state index in [1.165, 1.54) is 23.8 Å². The quantitative estimate of drug-likeness (QED) is 0.787. The van der Waals surface area contributed by atoms with E-state index in [0.29, 0.717) is 18.6 Å². The molecular formula is C21H24N4O. The lowest BCUT2D eigenvalue weighted by Crippen LogP contribution is -2.52. The Morgan fingerprint density at radius 1 is 1.00 bits per heavy atom. The number of rotatable bonds is 4. The van der Waals surface area contributed by atoms with Gasteiger partial charge < -0.3 is 9.67 Å². The second-order valence-electron chi connectivity index (χ2n) is 7.92. The van der Waals surface area contributed by atoms with Gasteiger partial charge in [-0.2, -0.15) is 0 Å². The number of aromatic nitrogens is 3. The second-order valence-corrected chi connectivity index (χ2v) is 7.92. The molecule has 2 atom stereocenters. The summed E-state index contributed by atoms with van der Waals surface area (Å²) in [5.74, 6) is 0. The third-order valence-corrected chi connectivity index (χ3v) is 6.16. The van der Waals surface area contributed by atoms with Gasteiger partial charge in [0.2, 0.25) is 0 Å². The van der Waals surface area contributed by atoms with E-state index in [-0.39, 0.29) is 0 Å². The van der Waals surface area contributed by atoms with Gasteiger partial charge in [-0.05, 0) is 55.5 Å². The Bertz CT molecular complexity index is 893. The van der Waals surface area contributed by atoms with Crippen LogP contribution in [0.1, 0.15) is 31.2 Å². The molecule has 2 bridgehead atoms. The molecule has 0 spiro atoms. The van der Waals surface area contributed by atoms with E-state index in [1.807, 2.05) is 30.9 Å². The first kappa shape index (κ1) is 16.0. The van der Waals surface area contributed by atoms with Crippen molar-refractivity contribution in [2.24, 2.45) is 0 Å². The van der Waals surface area contributed by atoms with E-state index in [4.69, 9.17) is 0 Å². The summed E-state index contributed by atoms with van der Waals surface area (Å²) < 4.78 is 2.17. The SMILES string of the molecule is OC1(Cn2ccc3ccncc32)CC2CCC(C1)N2Cc1ccncc1. The van der Waals surface area contributed by atoms with Crippen molar-refractivity contribution >= 4 is 10.9 Å². The zero-order chi connectivity index (χ0) is 17.6. The van der Waals surface area contributed by atoms with Crippen LogP contribution in [0.25, 0.3) is 10.9 Å². The molecule has 0 saturated carbocycles. The van der Waals surface area contributed by atoms with Crippen LogP contribution in [0.15, 0.2) is 55.2 Å². The second kappa shape index (κ2) is 6.18. The Hall–Kier alpha value is -2.24. The molecule has 2 aliphatic heterocycles. The van der Waals surface area contributed by atoms with Crippen LogP contribution in [0, 0.1) is 0 Å². The number of pyridine rings is 2. The number of hydrogen-bond acceptors (Lipinski definition) is 4. The van der Waals surface area contributed by atoms with Crippen molar-refractivity contribution in [3.8, 4) is 0 Å². The molecule has 2 unspecified atom stereocenters. The number of aliphatic hydroxyl groups is 1. The van der Waals surface area contributed by atoms with Gasteiger partial charge in [0.1, 0.15) is 0 Å². The topological polar surface area (TPSA) is 54.2 Å². The van der Waals surface area contributed by atoms with Gasteiger partial charge >= 0.3 is 0 Å². The van der Waals surface area contributed by atoms with E-state index >= 15 is 0 Å². The molecule has 0 aliphatic carbocycles. The Balaban J connectivity index is 1.35. The maximum atomic E-state index is 11.4. The highest BCUT2D eigenvalue weighted by Gasteiger charge is 2.47. The van der Waals surface area contributed by atoms with Gasteiger partial charge in [-0.1, -0.05) is 0 Å². The molecule has 5 nitrogen and oxygen atoms in total. The van der Waals surface area contributed by atoms with Crippen LogP contribution in [0.4, 0.5) is 0 Å². The van der Waals surface area contributed by atoms with E-state index in [9.17, 15) is 5.11 Å². The van der Waals surface area contributed by atoms with Crippen molar-refractivity contribution in [2.45, 2.75) is 56.5 Å². The third kappa shape index (κ3) is 2.81. The fourth-order valence-corrected chi connectivity index (χ4v) is 4.98. The minimum Gasteiger partial charge on any atom is -0.388 e. The lowest BCUT2D eigenvalue weighted by atomic mass is 9.85. The summed E-state index contributed by atoms with van der Waals surface area (Å²) in [5, 5.41) is 12.6. The van der Waals surface area contributed by atoms with E-state index in [1.54, 1.807) is 0 Å². The molecular weight excluding hydrogens is 324 g/mol. The summed E-state index contributed by atoms with van der Waals surface area (Å²) in [6.45, 7) is 1.61. The van der Waals surface area contributed by atoms with Gasteiger partial charge in [0.15, 0.2) is 0 Å². The minimum absolute atomic E-state index is 0.465. The predicted molar refractivity (Wildman–Crippen MR) is 101 cm³/mol. The van der Waals surface area contributed by atoms with Gasteiger partial charge in [-0.25, -0.2) is 0 Å². The molecule has 3 aromatic heterocycles. The Kier molecular flexibility index (Phi) is 3.80. The van der Waals surface area contributed by atoms with Crippen LogP contribution < -0.4 is 0 Å². The van der Waals surface area contributed by atoms with E-state index < -0.39 is 5.60 Å². The molecule has 26 heavy (non-hydrogen) atoms. The summed E-state index contributed by atoms with van der Waals surface area (Å²) >= 11 is 0. The average Bonchev–Trinajstić information content (AvgIpc) is 3.15. The Morgan fingerprint density at radius 2 is 1.73 bits per heavy atom. The van der Waals surface area contributed by atoms with E-state index in [2.05, 4.69) is 43.8 Å². The highest BCUT2D eigenvalue weighted by atomic mass is 16.3. The summed E-state index contributed by atoms with van der Waals surface area (Å²) in [6.07, 6.45) is 13.6. The van der Waals surface area contributed by atoms with Crippen molar-refractivity contribution in [3.05, 3.63) is 60.8 Å².